The fourth-order valence-corrected chi connectivity index (χ4v) is 2.42. The number of hydrogen-bond donors (Lipinski definition) is 1. The molecule has 1 saturated heterocycles. The molecule has 1 aliphatic heterocycles. The van der Waals surface area contributed by atoms with Crippen LogP contribution in [-0.4, -0.2) is 18.7 Å². The molecule has 1 heterocycles. The Hall–Kier alpha value is -1.02. The first kappa shape index (κ1) is 12.4. The van der Waals surface area contributed by atoms with Gasteiger partial charge in [0.2, 0.25) is 0 Å². The summed E-state index contributed by atoms with van der Waals surface area (Å²) in [6, 6.07) is 8.95. The molecule has 94 valence electrons. The quantitative estimate of drug-likeness (QED) is 0.861. The molecule has 2 heteroatoms. The van der Waals surface area contributed by atoms with Gasteiger partial charge >= 0.3 is 0 Å². The maximum atomic E-state index is 5.93. The van der Waals surface area contributed by atoms with Gasteiger partial charge in [0.25, 0.3) is 0 Å². The number of piperidine rings is 1. The zero-order chi connectivity index (χ0) is 12.1. The van der Waals surface area contributed by atoms with E-state index in [1.165, 1.54) is 31.4 Å². The van der Waals surface area contributed by atoms with Gasteiger partial charge < -0.3 is 10.1 Å². The molecule has 0 aromatic heterocycles. The van der Waals surface area contributed by atoms with Gasteiger partial charge in [-0.25, -0.2) is 0 Å². The second-order valence-electron chi connectivity index (χ2n) is 5.12. The first-order valence-electron chi connectivity index (χ1n) is 6.71. The van der Waals surface area contributed by atoms with Crippen LogP contribution in [-0.2, 0) is 0 Å². The minimum atomic E-state index is 0.285. The summed E-state index contributed by atoms with van der Waals surface area (Å²) in [7, 11) is 0. The Kier molecular flexibility index (Phi) is 4.43. The number of ether oxygens (including phenoxy) is 1. The summed E-state index contributed by atoms with van der Waals surface area (Å²) < 4.78 is 5.93. The van der Waals surface area contributed by atoms with Crippen molar-refractivity contribution in [3.8, 4) is 5.75 Å². The van der Waals surface area contributed by atoms with E-state index in [9.17, 15) is 0 Å². The Morgan fingerprint density at radius 2 is 2.06 bits per heavy atom. The largest absolute Gasteiger partial charge is 0.491 e. The first-order valence-corrected chi connectivity index (χ1v) is 6.71. The van der Waals surface area contributed by atoms with Crippen LogP contribution < -0.4 is 10.1 Å². The van der Waals surface area contributed by atoms with Gasteiger partial charge in [-0.15, -0.1) is 0 Å². The van der Waals surface area contributed by atoms with Crippen molar-refractivity contribution in [1.82, 2.24) is 5.32 Å². The molecule has 0 saturated carbocycles. The number of rotatable bonds is 4. The molecular formula is C15H23NO. The lowest BCUT2D eigenvalue weighted by molar-refractivity contribution is 0.184. The van der Waals surface area contributed by atoms with Gasteiger partial charge in [-0.05, 0) is 51.8 Å². The van der Waals surface area contributed by atoms with Gasteiger partial charge in [0.1, 0.15) is 5.75 Å². The van der Waals surface area contributed by atoms with Crippen LogP contribution in [0.1, 0.15) is 38.2 Å². The van der Waals surface area contributed by atoms with Crippen LogP contribution in [0.4, 0.5) is 0 Å². The van der Waals surface area contributed by atoms with Crippen LogP contribution in [0, 0.1) is 6.92 Å². The van der Waals surface area contributed by atoms with Crippen molar-refractivity contribution >= 4 is 0 Å². The summed E-state index contributed by atoms with van der Waals surface area (Å²) in [5.41, 5.74) is 1.28. The average molecular weight is 233 g/mol. The van der Waals surface area contributed by atoms with Gasteiger partial charge in [0, 0.05) is 6.04 Å². The molecule has 2 unspecified atom stereocenters. The molecular weight excluding hydrogens is 210 g/mol. The van der Waals surface area contributed by atoms with E-state index in [0.29, 0.717) is 6.04 Å². The SMILES string of the molecule is Cc1ccc(OC(C)CC2CCCCN2)cc1. The van der Waals surface area contributed by atoms with Gasteiger partial charge in [-0.3, -0.25) is 0 Å². The highest BCUT2D eigenvalue weighted by Gasteiger charge is 2.16. The Morgan fingerprint density at radius 3 is 2.71 bits per heavy atom. The average Bonchev–Trinajstić information content (AvgIpc) is 2.33. The molecule has 0 spiro atoms. The minimum Gasteiger partial charge on any atom is -0.491 e. The van der Waals surface area contributed by atoms with Crippen LogP contribution in [0.3, 0.4) is 0 Å². The number of hydrogen-bond acceptors (Lipinski definition) is 2. The number of benzene rings is 1. The summed E-state index contributed by atoms with van der Waals surface area (Å²) in [6.07, 6.45) is 5.36. The highest BCUT2D eigenvalue weighted by Crippen LogP contribution is 2.17. The smallest absolute Gasteiger partial charge is 0.119 e. The van der Waals surface area contributed by atoms with E-state index < -0.39 is 0 Å². The summed E-state index contributed by atoms with van der Waals surface area (Å²) in [4.78, 5) is 0. The normalized spacial score (nSPS) is 22.1. The number of aryl methyl sites for hydroxylation is 1. The Bertz CT molecular complexity index is 327. The van der Waals surface area contributed by atoms with Crippen molar-refractivity contribution in [1.29, 1.82) is 0 Å². The molecule has 17 heavy (non-hydrogen) atoms. The maximum Gasteiger partial charge on any atom is 0.119 e. The second kappa shape index (κ2) is 6.06. The molecule has 1 aromatic rings. The van der Waals surface area contributed by atoms with E-state index in [4.69, 9.17) is 4.74 Å². The molecule has 2 nitrogen and oxygen atoms in total. The Labute approximate surface area is 104 Å². The van der Waals surface area contributed by atoms with Crippen molar-refractivity contribution in [2.45, 2.75) is 51.7 Å². The molecule has 0 bridgehead atoms. The lowest BCUT2D eigenvalue weighted by atomic mass is 10.00. The van der Waals surface area contributed by atoms with E-state index in [1.807, 2.05) is 0 Å². The highest BCUT2D eigenvalue weighted by molar-refractivity contribution is 5.26. The van der Waals surface area contributed by atoms with Crippen molar-refractivity contribution in [3.05, 3.63) is 29.8 Å². The van der Waals surface area contributed by atoms with Crippen LogP contribution in [0.15, 0.2) is 24.3 Å². The third kappa shape index (κ3) is 4.04. The fourth-order valence-electron chi connectivity index (χ4n) is 2.42. The van der Waals surface area contributed by atoms with Gasteiger partial charge in [0.15, 0.2) is 0 Å². The van der Waals surface area contributed by atoms with Gasteiger partial charge in [0.05, 0.1) is 6.10 Å². The lowest BCUT2D eigenvalue weighted by Gasteiger charge is -2.26. The third-order valence-corrected chi connectivity index (χ3v) is 3.39. The summed E-state index contributed by atoms with van der Waals surface area (Å²) in [5, 5.41) is 3.56. The van der Waals surface area contributed by atoms with E-state index in [2.05, 4.69) is 43.4 Å². The van der Waals surface area contributed by atoms with Crippen LogP contribution >= 0.6 is 0 Å². The topological polar surface area (TPSA) is 21.3 Å². The van der Waals surface area contributed by atoms with Crippen LogP contribution in [0.25, 0.3) is 0 Å². The lowest BCUT2D eigenvalue weighted by Crippen LogP contribution is -2.37. The first-order chi connectivity index (χ1) is 8.24. The molecule has 2 rings (SSSR count). The highest BCUT2D eigenvalue weighted by atomic mass is 16.5. The summed E-state index contributed by atoms with van der Waals surface area (Å²) in [5.74, 6) is 0.985. The standard InChI is InChI=1S/C15H23NO/c1-12-6-8-15(9-7-12)17-13(2)11-14-5-3-4-10-16-14/h6-9,13-14,16H,3-5,10-11H2,1-2H3. The Morgan fingerprint density at radius 1 is 1.29 bits per heavy atom. The molecule has 0 radical (unpaired) electrons. The Balaban J connectivity index is 1.79. The maximum absolute atomic E-state index is 5.93. The van der Waals surface area contributed by atoms with Crippen molar-refractivity contribution in [2.24, 2.45) is 0 Å². The molecule has 0 aliphatic carbocycles. The zero-order valence-electron chi connectivity index (χ0n) is 10.9. The van der Waals surface area contributed by atoms with E-state index in [0.717, 1.165) is 12.2 Å². The van der Waals surface area contributed by atoms with Gasteiger partial charge in [-0.2, -0.15) is 0 Å². The van der Waals surface area contributed by atoms with E-state index >= 15 is 0 Å². The van der Waals surface area contributed by atoms with Gasteiger partial charge in [-0.1, -0.05) is 24.1 Å². The summed E-state index contributed by atoms with van der Waals surface area (Å²) in [6.45, 7) is 5.43. The number of nitrogens with one attached hydrogen (secondary N) is 1. The second-order valence-corrected chi connectivity index (χ2v) is 5.12. The fraction of sp³-hybridized carbons (Fsp3) is 0.600. The van der Waals surface area contributed by atoms with E-state index in [1.54, 1.807) is 0 Å². The molecule has 1 aliphatic rings. The molecule has 0 amide bonds. The van der Waals surface area contributed by atoms with Crippen LogP contribution in [0.2, 0.25) is 0 Å². The predicted molar refractivity (Wildman–Crippen MR) is 71.5 cm³/mol. The third-order valence-electron chi connectivity index (χ3n) is 3.39. The minimum absolute atomic E-state index is 0.285. The molecule has 2 atom stereocenters. The van der Waals surface area contributed by atoms with Crippen molar-refractivity contribution in [2.75, 3.05) is 6.54 Å². The van der Waals surface area contributed by atoms with Crippen molar-refractivity contribution < 1.29 is 4.74 Å². The molecule has 1 fully saturated rings. The predicted octanol–water partition coefficient (Wildman–Crippen LogP) is 3.29. The van der Waals surface area contributed by atoms with E-state index in [-0.39, 0.29) is 6.10 Å². The molecule has 1 aromatic carbocycles. The summed E-state index contributed by atoms with van der Waals surface area (Å²) >= 11 is 0. The van der Waals surface area contributed by atoms with Crippen molar-refractivity contribution in [3.63, 3.8) is 0 Å². The zero-order valence-corrected chi connectivity index (χ0v) is 10.9. The molecule has 1 N–H and O–H groups in total. The van der Waals surface area contributed by atoms with Crippen LogP contribution in [0.5, 0.6) is 5.75 Å². The monoisotopic (exact) mass is 233 g/mol.